The van der Waals surface area contributed by atoms with E-state index in [1.807, 2.05) is 26.8 Å². The van der Waals surface area contributed by atoms with Gasteiger partial charge >= 0.3 is 0 Å². The molecule has 1 aromatic heterocycles. The van der Waals surface area contributed by atoms with Gasteiger partial charge in [-0.25, -0.2) is 0 Å². The van der Waals surface area contributed by atoms with Gasteiger partial charge in [-0.15, -0.1) is 0 Å². The first-order chi connectivity index (χ1) is 7.48. The maximum atomic E-state index is 11.9. The topological polar surface area (TPSA) is 42.2 Å². The molecular formula is C13H19NO2. The molecule has 88 valence electrons. The Kier molecular flexibility index (Phi) is 2.78. The van der Waals surface area contributed by atoms with Crippen LogP contribution in [-0.2, 0) is 11.2 Å². The third-order valence-corrected chi connectivity index (χ3v) is 3.04. The Morgan fingerprint density at radius 3 is 2.94 bits per heavy atom. The minimum atomic E-state index is -0.332. The molecule has 0 radical (unpaired) electrons. The minimum absolute atomic E-state index is 0.103. The standard InChI is InChI=1S/C13H19NO2/c1-13(2,3)12(15)14-10-5-4-6-11-9(10)7-8-16-11/h7-8,10H,4-6H2,1-3H3,(H,14,15)/t10-/m1/s1. The number of fused-ring (bicyclic) bond motifs is 1. The number of furan rings is 1. The van der Waals surface area contributed by atoms with Gasteiger partial charge in [-0.05, 0) is 18.9 Å². The van der Waals surface area contributed by atoms with Gasteiger partial charge < -0.3 is 9.73 Å². The second-order valence-corrected chi connectivity index (χ2v) is 5.47. The van der Waals surface area contributed by atoms with E-state index in [-0.39, 0.29) is 17.4 Å². The first kappa shape index (κ1) is 11.2. The third-order valence-electron chi connectivity index (χ3n) is 3.04. The van der Waals surface area contributed by atoms with Gasteiger partial charge in [0.05, 0.1) is 12.3 Å². The Hall–Kier alpha value is -1.25. The molecule has 1 amide bonds. The number of nitrogens with one attached hydrogen (secondary N) is 1. The normalized spacial score (nSPS) is 20.3. The van der Waals surface area contributed by atoms with E-state index in [1.165, 1.54) is 0 Å². The zero-order valence-corrected chi connectivity index (χ0v) is 10.2. The van der Waals surface area contributed by atoms with Crippen molar-refractivity contribution in [3.63, 3.8) is 0 Å². The first-order valence-corrected chi connectivity index (χ1v) is 5.86. The van der Waals surface area contributed by atoms with Crippen LogP contribution in [0.1, 0.15) is 51.0 Å². The fraction of sp³-hybridized carbons (Fsp3) is 0.615. The van der Waals surface area contributed by atoms with Crippen LogP contribution < -0.4 is 5.32 Å². The number of hydrogen-bond acceptors (Lipinski definition) is 2. The molecular weight excluding hydrogens is 202 g/mol. The summed E-state index contributed by atoms with van der Waals surface area (Å²) in [5, 5.41) is 3.10. The Morgan fingerprint density at radius 1 is 1.50 bits per heavy atom. The van der Waals surface area contributed by atoms with Gasteiger partial charge in [0.2, 0.25) is 5.91 Å². The lowest BCUT2D eigenvalue weighted by molar-refractivity contribution is -0.129. The number of hydrogen-bond donors (Lipinski definition) is 1. The van der Waals surface area contributed by atoms with Crippen LogP contribution in [0.3, 0.4) is 0 Å². The smallest absolute Gasteiger partial charge is 0.225 e. The highest BCUT2D eigenvalue weighted by Crippen LogP contribution is 2.31. The average Bonchev–Trinajstić information content (AvgIpc) is 2.65. The molecule has 1 N–H and O–H groups in total. The quantitative estimate of drug-likeness (QED) is 0.792. The van der Waals surface area contributed by atoms with Crippen molar-refractivity contribution < 1.29 is 9.21 Å². The molecule has 0 unspecified atom stereocenters. The Morgan fingerprint density at radius 2 is 2.25 bits per heavy atom. The van der Waals surface area contributed by atoms with Crippen LogP contribution in [0.5, 0.6) is 0 Å². The molecule has 1 atom stereocenters. The fourth-order valence-electron chi connectivity index (χ4n) is 2.01. The van der Waals surface area contributed by atoms with Crippen LogP contribution in [0.15, 0.2) is 16.7 Å². The maximum Gasteiger partial charge on any atom is 0.225 e. The zero-order chi connectivity index (χ0) is 11.8. The molecule has 0 aromatic carbocycles. The molecule has 1 aromatic rings. The molecule has 0 saturated heterocycles. The van der Waals surface area contributed by atoms with Gasteiger partial charge in [-0.2, -0.15) is 0 Å². The number of amides is 1. The lowest BCUT2D eigenvalue weighted by atomic mass is 9.90. The second kappa shape index (κ2) is 3.96. The van der Waals surface area contributed by atoms with Crippen LogP contribution in [0.2, 0.25) is 0 Å². The number of carbonyl (C=O) groups excluding carboxylic acids is 1. The first-order valence-electron chi connectivity index (χ1n) is 5.86. The summed E-state index contributed by atoms with van der Waals surface area (Å²) in [6, 6.07) is 2.11. The summed E-state index contributed by atoms with van der Waals surface area (Å²) >= 11 is 0. The molecule has 2 rings (SSSR count). The van der Waals surface area contributed by atoms with Crippen molar-refractivity contribution in [3.05, 3.63) is 23.7 Å². The van der Waals surface area contributed by atoms with Crippen LogP contribution in [0, 0.1) is 5.41 Å². The van der Waals surface area contributed by atoms with E-state index in [1.54, 1.807) is 6.26 Å². The lowest BCUT2D eigenvalue weighted by Gasteiger charge is -2.26. The summed E-state index contributed by atoms with van der Waals surface area (Å²) in [4.78, 5) is 11.9. The van der Waals surface area contributed by atoms with Crippen LogP contribution in [0.4, 0.5) is 0 Å². The highest BCUT2D eigenvalue weighted by atomic mass is 16.3. The molecule has 0 bridgehead atoms. The minimum Gasteiger partial charge on any atom is -0.469 e. The van der Waals surface area contributed by atoms with Crippen molar-refractivity contribution in [1.29, 1.82) is 0 Å². The SMILES string of the molecule is CC(C)(C)C(=O)N[C@@H]1CCCc2occc21. The van der Waals surface area contributed by atoms with E-state index in [4.69, 9.17) is 4.42 Å². The molecule has 1 aliphatic rings. The van der Waals surface area contributed by atoms with E-state index in [9.17, 15) is 4.79 Å². The van der Waals surface area contributed by atoms with Gasteiger partial charge in [-0.3, -0.25) is 4.79 Å². The van der Waals surface area contributed by atoms with Gasteiger partial charge in [-0.1, -0.05) is 20.8 Å². The van der Waals surface area contributed by atoms with Crippen LogP contribution >= 0.6 is 0 Å². The largest absolute Gasteiger partial charge is 0.469 e. The highest BCUT2D eigenvalue weighted by molar-refractivity contribution is 5.81. The van der Waals surface area contributed by atoms with Crippen LogP contribution in [0.25, 0.3) is 0 Å². The van der Waals surface area contributed by atoms with Gasteiger partial charge in [0.15, 0.2) is 0 Å². The summed E-state index contributed by atoms with van der Waals surface area (Å²) < 4.78 is 5.40. The van der Waals surface area contributed by atoms with Crippen molar-refractivity contribution >= 4 is 5.91 Å². The Balaban J connectivity index is 2.11. The number of aryl methyl sites for hydroxylation is 1. The molecule has 16 heavy (non-hydrogen) atoms. The van der Waals surface area contributed by atoms with E-state index in [0.717, 1.165) is 30.6 Å². The van der Waals surface area contributed by atoms with E-state index >= 15 is 0 Å². The second-order valence-electron chi connectivity index (χ2n) is 5.47. The van der Waals surface area contributed by atoms with Crippen molar-refractivity contribution in [2.24, 2.45) is 5.41 Å². The van der Waals surface area contributed by atoms with Gasteiger partial charge in [0, 0.05) is 17.4 Å². The van der Waals surface area contributed by atoms with E-state index in [2.05, 4.69) is 5.32 Å². The summed E-state index contributed by atoms with van der Waals surface area (Å²) in [6.45, 7) is 5.80. The van der Waals surface area contributed by atoms with Crippen molar-refractivity contribution in [3.8, 4) is 0 Å². The van der Waals surface area contributed by atoms with E-state index in [0.29, 0.717) is 0 Å². The Bertz CT molecular complexity index is 387. The summed E-state index contributed by atoms with van der Waals surface area (Å²) in [7, 11) is 0. The van der Waals surface area contributed by atoms with Crippen molar-refractivity contribution in [1.82, 2.24) is 5.32 Å². The Labute approximate surface area is 96.2 Å². The van der Waals surface area contributed by atoms with Crippen molar-refractivity contribution in [2.45, 2.75) is 46.1 Å². The average molecular weight is 221 g/mol. The van der Waals surface area contributed by atoms with E-state index < -0.39 is 0 Å². The predicted octanol–water partition coefficient (Wildman–Crippen LogP) is 2.82. The van der Waals surface area contributed by atoms with Gasteiger partial charge in [0.25, 0.3) is 0 Å². The van der Waals surface area contributed by atoms with Gasteiger partial charge in [0.1, 0.15) is 5.76 Å². The molecule has 1 aliphatic carbocycles. The monoisotopic (exact) mass is 221 g/mol. The third kappa shape index (κ3) is 2.13. The lowest BCUT2D eigenvalue weighted by Crippen LogP contribution is -2.38. The summed E-state index contributed by atoms with van der Waals surface area (Å²) in [5.74, 6) is 1.14. The molecule has 3 heteroatoms. The summed E-state index contributed by atoms with van der Waals surface area (Å²) in [6.07, 6.45) is 4.79. The predicted molar refractivity (Wildman–Crippen MR) is 62.0 cm³/mol. The summed E-state index contributed by atoms with van der Waals surface area (Å²) in [5.41, 5.74) is 0.824. The molecule has 0 spiro atoms. The molecule has 1 heterocycles. The maximum absolute atomic E-state index is 11.9. The molecule has 0 aliphatic heterocycles. The van der Waals surface area contributed by atoms with Crippen molar-refractivity contribution in [2.75, 3.05) is 0 Å². The van der Waals surface area contributed by atoms with Crippen LogP contribution in [-0.4, -0.2) is 5.91 Å². The molecule has 3 nitrogen and oxygen atoms in total. The highest BCUT2D eigenvalue weighted by Gasteiger charge is 2.28. The molecule has 0 fully saturated rings. The number of rotatable bonds is 1. The fourth-order valence-corrected chi connectivity index (χ4v) is 2.01. The number of carbonyl (C=O) groups is 1. The molecule has 0 saturated carbocycles. The zero-order valence-electron chi connectivity index (χ0n) is 10.2.